The molecule has 0 bridgehead atoms. The smallest absolute Gasteiger partial charge is 0.0146 e. The number of allylic oxidation sites excluding steroid dienone is 2. The monoisotopic (exact) mass is 220 g/mol. The number of rotatable bonds is 1. The van der Waals surface area contributed by atoms with E-state index in [0.717, 1.165) is 11.8 Å². The molecular weight excluding hydrogens is 192 g/mol. The van der Waals surface area contributed by atoms with Crippen LogP contribution in [0.15, 0.2) is 11.6 Å². The van der Waals surface area contributed by atoms with E-state index in [-0.39, 0.29) is 0 Å². The van der Waals surface area contributed by atoms with E-state index >= 15 is 0 Å². The second-order valence-corrected chi connectivity index (χ2v) is 7.14. The van der Waals surface area contributed by atoms with Crippen molar-refractivity contribution < 1.29 is 0 Å². The maximum atomic E-state index is 2.62. The third-order valence-corrected chi connectivity index (χ3v) is 5.72. The summed E-state index contributed by atoms with van der Waals surface area (Å²) in [5.41, 5.74) is 2.87. The zero-order chi connectivity index (χ0) is 12.0. The third kappa shape index (κ3) is 1.85. The molecule has 0 heteroatoms. The summed E-state index contributed by atoms with van der Waals surface area (Å²) in [6.07, 6.45) is 9.57. The minimum atomic E-state index is 0.542. The van der Waals surface area contributed by atoms with E-state index < -0.39 is 0 Å². The Morgan fingerprint density at radius 2 is 2.00 bits per heavy atom. The Morgan fingerprint density at radius 3 is 2.62 bits per heavy atom. The summed E-state index contributed by atoms with van der Waals surface area (Å²) in [7, 11) is 0. The fraction of sp³-hybridized carbons (Fsp3) is 0.875. The highest BCUT2D eigenvalue weighted by molar-refractivity contribution is 5.20. The van der Waals surface area contributed by atoms with Crippen LogP contribution < -0.4 is 0 Å². The molecule has 1 fully saturated rings. The molecule has 1 saturated carbocycles. The Labute approximate surface area is 102 Å². The normalized spacial score (nSPS) is 42.4. The highest BCUT2D eigenvalue weighted by atomic mass is 14.5. The number of hydrogen-bond acceptors (Lipinski definition) is 0. The van der Waals surface area contributed by atoms with Crippen LogP contribution in [0.1, 0.15) is 66.7 Å². The summed E-state index contributed by atoms with van der Waals surface area (Å²) in [5.74, 6) is 1.64. The average Bonchev–Trinajstić information content (AvgIpc) is 2.21. The molecule has 0 heterocycles. The van der Waals surface area contributed by atoms with Gasteiger partial charge in [0, 0.05) is 0 Å². The van der Waals surface area contributed by atoms with Gasteiger partial charge in [0.2, 0.25) is 0 Å². The summed E-state index contributed by atoms with van der Waals surface area (Å²) in [6.45, 7) is 12.3. The Balaban J connectivity index is 2.32. The Kier molecular flexibility index (Phi) is 2.97. The van der Waals surface area contributed by atoms with Gasteiger partial charge in [-0.2, -0.15) is 0 Å². The minimum absolute atomic E-state index is 0.542. The van der Waals surface area contributed by atoms with Gasteiger partial charge in [0.05, 0.1) is 0 Å². The molecule has 2 aliphatic rings. The van der Waals surface area contributed by atoms with Gasteiger partial charge in [-0.05, 0) is 48.3 Å². The van der Waals surface area contributed by atoms with Crippen molar-refractivity contribution in [2.45, 2.75) is 66.7 Å². The standard InChI is InChI=1S/C16H28/c1-6-16(5)11-14-13(10-12(16)2)8-7-9-15(14,3)4/h10,12,14H,6-9,11H2,1-5H3. The van der Waals surface area contributed by atoms with E-state index in [2.05, 4.69) is 40.7 Å². The lowest BCUT2D eigenvalue weighted by Gasteiger charge is -2.50. The van der Waals surface area contributed by atoms with Crippen molar-refractivity contribution in [1.29, 1.82) is 0 Å². The molecule has 0 aromatic rings. The second-order valence-electron chi connectivity index (χ2n) is 7.14. The van der Waals surface area contributed by atoms with Gasteiger partial charge in [-0.25, -0.2) is 0 Å². The zero-order valence-electron chi connectivity index (χ0n) is 11.8. The first-order valence-electron chi connectivity index (χ1n) is 7.09. The van der Waals surface area contributed by atoms with Gasteiger partial charge >= 0.3 is 0 Å². The molecule has 0 radical (unpaired) electrons. The quantitative estimate of drug-likeness (QED) is 0.533. The van der Waals surface area contributed by atoms with E-state index in [1.807, 2.05) is 0 Å². The molecule has 2 rings (SSSR count). The summed E-state index contributed by atoms with van der Waals surface area (Å²) in [4.78, 5) is 0. The molecule has 92 valence electrons. The Bertz CT molecular complexity index is 297. The van der Waals surface area contributed by atoms with Gasteiger partial charge in [-0.3, -0.25) is 0 Å². The van der Waals surface area contributed by atoms with Gasteiger partial charge in [0.25, 0.3) is 0 Å². The Morgan fingerprint density at radius 1 is 1.31 bits per heavy atom. The molecule has 0 spiro atoms. The van der Waals surface area contributed by atoms with Crippen LogP contribution in [0, 0.1) is 22.7 Å². The molecule has 0 aromatic heterocycles. The predicted octanol–water partition coefficient (Wildman–Crippen LogP) is 5.20. The van der Waals surface area contributed by atoms with Crippen molar-refractivity contribution in [1.82, 2.24) is 0 Å². The summed E-state index contributed by atoms with van der Waals surface area (Å²) >= 11 is 0. The van der Waals surface area contributed by atoms with Crippen molar-refractivity contribution in [2.24, 2.45) is 22.7 Å². The average molecular weight is 220 g/mol. The fourth-order valence-corrected chi connectivity index (χ4v) is 3.85. The molecule has 3 unspecified atom stereocenters. The van der Waals surface area contributed by atoms with E-state index in [1.165, 1.54) is 32.1 Å². The predicted molar refractivity (Wildman–Crippen MR) is 71.4 cm³/mol. The first-order chi connectivity index (χ1) is 7.39. The van der Waals surface area contributed by atoms with Crippen molar-refractivity contribution in [3.8, 4) is 0 Å². The van der Waals surface area contributed by atoms with Crippen molar-refractivity contribution in [3.63, 3.8) is 0 Å². The largest absolute Gasteiger partial charge is 0.0816 e. The van der Waals surface area contributed by atoms with Crippen LogP contribution in [0.5, 0.6) is 0 Å². The topological polar surface area (TPSA) is 0 Å². The molecule has 16 heavy (non-hydrogen) atoms. The van der Waals surface area contributed by atoms with Crippen LogP contribution in [0.3, 0.4) is 0 Å². The van der Waals surface area contributed by atoms with Crippen LogP contribution in [0.4, 0.5) is 0 Å². The molecule has 0 N–H and O–H groups in total. The van der Waals surface area contributed by atoms with Crippen LogP contribution in [0.2, 0.25) is 0 Å². The molecule has 0 aromatic carbocycles. The van der Waals surface area contributed by atoms with Gasteiger partial charge in [-0.15, -0.1) is 0 Å². The zero-order valence-corrected chi connectivity index (χ0v) is 11.8. The molecule has 0 amide bonds. The lowest BCUT2D eigenvalue weighted by Crippen LogP contribution is -2.40. The van der Waals surface area contributed by atoms with E-state index in [9.17, 15) is 0 Å². The minimum Gasteiger partial charge on any atom is -0.0816 e. The lowest BCUT2D eigenvalue weighted by atomic mass is 9.55. The van der Waals surface area contributed by atoms with Crippen LogP contribution >= 0.6 is 0 Å². The summed E-state index contributed by atoms with van der Waals surface area (Å²) in [6, 6.07) is 0. The van der Waals surface area contributed by atoms with Gasteiger partial charge in [0.15, 0.2) is 0 Å². The maximum absolute atomic E-state index is 2.62. The van der Waals surface area contributed by atoms with Gasteiger partial charge in [-0.1, -0.05) is 52.7 Å². The van der Waals surface area contributed by atoms with Gasteiger partial charge < -0.3 is 0 Å². The molecule has 0 nitrogen and oxygen atoms in total. The number of fused-ring (bicyclic) bond motifs is 1. The first kappa shape index (κ1) is 12.2. The van der Waals surface area contributed by atoms with Crippen LogP contribution in [-0.2, 0) is 0 Å². The highest BCUT2D eigenvalue weighted by Gasteiger charge is 2.44. The van der Waals surface area contributed by atoms with Crippen molar-refractivity contribution in [3.05, 3.63) is 11.6 Å². The maximum Gasteiger partial charge on any atom is -0.0146 e. The summed E-state index contributed by atoms with van der Waals surface area (Å²) in [5, 5.41) is 0. The molecule has 0 saturated heterocycles. The van der Waals surface area contributed by atoms with E-state index in [4.69, 9.17) is 0 Å². The SMILES string of the molecule is CCC1(C)CC2C(=CC1C)CCCC2(C)C. The summed E-state index contributed by atoms with van der Waals surface area (Å²) < 4.78 is 0. The lowest BCUT2D eigenvalue weighted by molar-refractivity contribution is 0.0795. The van der Waals surface area contributed by atoms with Crippen molar-refractivity contribution in [2.75, 3.05) is 0 Å². The van der Waals surface area contributed by atoms with Crippen molar-refractivity contribution >= 4 is 0 Å². The Hall–Kier alpha value is -0.260. The molecule has 2 aliphatic carbocycles. The van der Waals surface area contributed by atoms with Crippen LogP contribution in [-0.4, -0.2) is 0 Å². The van der Waals surface area contributed by atoms with E-state index in [1.54, 1.807) is 5.57 Å². The van der Waals surface area contributed by atoms with E-state index in [0.29, 0.717) is 10.8 Å². The van der Waals surface area contributed by atoms with Gasteiger partial charge in [0.1, 0.15) is 0 Å². The fourth-order valence-electron chi connectivity index (χ4n) is 3.85. The molecule has 3 atom stereocenters. The first-order valence-corrected chi connectivity index (χ1v) is 7.09. The van der Waals surface area contributed by atoms with Crippen LogP contribution in [0.25, 0.3) is 0 Å². The number of hydrogen-bond donors (Lipinski definition) is 0. The third-order valence-electron chi connectivity index (χ3n) is 5.72. The highest BCUT2D eigenvalue weighted by Crippen LogP contribution is 2.55. The second kappa shape index (κ2) is 3.89. The molecular formula is C16H28. The molecule has 0 aliphatic heterocycles.